The molecule has 2 aliphatic rings. The van der Waals surface area contributed by atoms with Crippen LogP contribution < -0.4 is 0 Å². The molecule has 1 atom stereocenters. The molecule has 11 heteroatoms. The van der Waals surface area contributed by atoms with E-state index in [1.807, 2.05) is 0 Å². The van der Waals surface area contributed by atoms with E-state index in [1.165, 1.54) is 18.2 Å². The molecule has 28 heavy (non-hydrogen) atoms. The lowest BCUT2D eigenvalue weighted by Crippen LogP contribution is -2.52. The quantitative estimate of drug-likeness (QED) is 0.803. The van der Waals surface area contributed by atoms with Gasteiger partial charge in [-0.25, -0.2) is 13.4 Å². The number of sulfone groups is 1. The highest BCUT2D eigenvalue weighted by molar-refractivity contribution is 7.91. The van der Waals surface area contributed by atoms with E-state index >= 15 is 0 Å². The molecule has 0 spiro atoms. The number of piperazine rings is 1. The van der Waals surface area contributed by atoms with Gasteiger partial charge in [-0.1, -0.05) is 0 Å². The van der Waals surface area contributed by atoms with E-state index in [0.717, 1.165) is 0 Å². The molecular weight excluding hydrogens is 397 g/mol. The number of nitrogens with one attached hydrogen (secondary N) is 1. The van der Waals surface area contributed by atoms with Gasteiger partial charge in [0, 0.05) is 37.8 Å². The Morgan fingerprint density at radius 2 is 1.89 bits per heavy atom. The van der Waals surface area contributed by atoms with Crippen LogP contribution in [0, 0.1) is 0 Å². The van der Waals surface area contributed by atoms with Gasteiger partial charge in [0.2, 0.25) is 5.82 Å². The Labute approximate surface area is 159 Å². The van der Waals surface area contributed by atoms with Crippen LogP contribution in [0.2, 0.25) is 0 Å². The molecule has 7 nitrogen and oxygen atoms in total. The van der Waals surface area contributed by atoms with E-state index < -0.39 is 21.8 Å². The van der Waals surface area contributed by atoms with Crippen molar-refractivity contribution in [3.63, 3.8) is 0 Å². The first-order valence-corrected chi connectivity index (χ1v) is 10.8. The standard InChI is InChI=1S/C17H19F3N4O3S/c18-17(19,20)16-21-13-2-1-11(9-14(13)22-16)15(25)24-6-4-23(5-7-24)12-3-8-28(26,27)10-12/h1-2,9,12H,3-8,10H2,(H,21,22)/t12-/m1/s1. The number of rotatable bonds is 2. The molecule has 0 aliphatic carbocycles. The van der Waals surface area contributed by atoms with Gasteiger partial charge in [-0.05, 0) is 24.6 Å². The lowest BCUT2D eigenvalue weighted by molar-refractivity contribution is -0.144. The highest BCUT2D eigenvalue weighted by atomic mass is 32.2. The second-order valence-electron chi connectivity index (χ2n) is 7.20. The molecule has 0 bridgehead atoms. The highest BCUT2D eigenvalue weighted by Crippen LogP contribution is 2.29. The van der Waals surface area contributed by atoms with Crippen LogP contribution in [0.25, 0.3) is 11.0 Å². The Kier molecular flexibility index (Phi) is 4.61. The number of aromatic nitrogens is 2. The van der Waals surface area contributed by atoms with Crippen molar-refractivity contribution in [2.75, 3.05) is 37.7 Å². The van der Waals surface area contributed by atoms with E-state index in [4.69, 9.17) is 0 Å². The zero-order chi connectivity index (χ0) is 20.1. The van der Waals surface area contributed by atoms with Gasteiger partial charge >= 0.3 is 6.18 Å². The number of carbonyl (C=O) groups excluding carboxylic acids is 1. The van der Waals surface area contributed by atoms with Gasteiger partial charge in [0.1, 0.15) is 0 Å². The van der Waals surface area contributed by atoms with Crippen molar-refractivity contribution >= 4 is 26.8 Å². The number of H-pyrrole nitrogens is 1. The minimum atomic E-state index is -4.58. The number of alkyl halides is 3. The largest absolute Gasteiger partial charge is 0.449 e. The summed E-state index contributed by atoms with van der Waals surface area (Å²) in [5, 5.41) is 0. The summed E-state index contributed by atoms with van der Waals surface area (Å²) in [7, 11) is -2.96. The third kappa shape index (κ3) is 3.72. The minimum Gasteiger partial charge on any atom is -0.336 e. The molecule has 3 heterocycles. The normalized spacial score (nSPS) is 23.4. The molecule has 0 saturated carbocycles. The zero-order valence-electron chi connectivity index (χ0n) is 14.9. The summed E-state index contributed by atoms with van der Waals surface area (Å²) in [6.45, 7) is 2.06. The number of aromatic amines is 1. The Morgan fingerprint density at radius 1 is 1.18 bits per heavy atom. The average molecular weight is 416 g/mol. The number of fused-ring (bicyclic) bond motifs is 1. The van der Waals surface area contributed by atoms with Crippen LogP contribution in [0.15, 0.2) is 18.2 Å². The minimum absolute atomic E-state index is 0.00406. The third-order valence-electron chi connectivity index (χ3n) is 5.32. The zero-order valence-corrected chi connectivity index (χ0v) is 15.7. The average Bonchev–Trinajstić information content (AvgIpc) is 3.23. The number of imidazole rings is 1. The summed E-state index contributed by atoms with van der Waals surface area (Å²) in [5.41, 5.74) is 0.603. The van der Waals surface area contributed by atoms with E-state index in [9.17, 15) is 26.4 Å². The first-order chi connectivity index (χ1) is 13.1. The number of hydrogen-bond donors (Lipinski definition) is 1. The molecule has 152 valence electrons. The highest BCUT2D eigenvalue weighted by Gasteiger charge is 2.36. The van der Waals surface area contributed by atoms with E-state index in [1.54, 1.807) is 4.90 Å². The van der Waals surface area contributed by atoms with Gasteiger partial charge < -0.3 is 9.88 Å². The number of halogens is 3. The molecule has 0 radical (unpaired) electrons. The van der Waals surface area contributed by atoms with Gasteiger partial charge in [-0.3, -0.25) is 9.69 Å². The molecule has 4 rings (SSSR count). The molecule has 1 N–H and O–H groups in total. The summed E-state index contributed by atoms with van der Waals surface area (Å²) in [4.78, 5) is 22.2. The van der Waals surface area contributed by atoms with Crippen LogP contribution in [0.1, 0.15) is 22.6 Å². The van der Waals surface area contributed by atoms with Gasteiger partial charge in [-0.15, -0.1) is 0 Å². The van der Waals surface area contributed by atoms with Crippen LogP contribution in [0.4, 0.5) is 13.2 Å². The van der Waals surface area contributed by atoms with Crippen LogP contribution >= 0.6 is 0 Å². The van der Waals surface area contributed by atoms with E-state index in [-0.39, 0.29) is 34.5 Å². The molecule has 1 aromatic carbocycles. The molecule has 1 amide bonds. The second-order valence-corrected chi connectivity index (χ2v) is 9.43. The van der Waals surface area contributed by atoms with Crippen molar-refractivity contribution in [1.29, 1.82) is 0 Å². The van der Waals surface area contributed by atoms with E-state index in [0.29, 0.717) is 38.2 Å². The van der Waals surface area contributed by atoms with Crippen LogP contribution in [0.5, 0.6) is 0 Å². The topological polar surface area (TPSA) is 86.4 Å². The van der Waals surface area contributed by atoms with Crippen molar-refractivity contribution in [1.82, 2.24) is 19.8 Å². The summed E-state index contributed by atoms with van der Waals surface area (Å²) in [5.74, 6) is -0.976. The van der Waals surface area contributed by atoms with Crippen LogP contribution in [0.3, 0.4) is 0 Å². The van der Waals surface area contributed by atoms with Gasteiger partial charge in [0.15, 0.2) is 9.84 Å². The van der Waals surface area contributed by atoms with Crippen molar-refractivity contribution in [2.24, 2.45) is 0 Å². The van der Waals surface area contributed by atoms with Crippen molar-refractivity contribution < 1.29 is 26.4 Å². The third-order valence-corrected chi connectivity index (χ3v) is 7.07. The SMILES string of the molecule is O=C(c1ccc2nc(C(F)(F)F)[nH]c2c1)N1CCN([C@@H]2CCS(=O)(=O)C2)CC1. The molecule has 2 aliphatic heterocycles. The van der Waals surface area contributed by atoms with Gasteiger partial charge in [0.25, 0.3) is 5.91 Å². The van der Waals surface area contributed by atoms with Crippen molar-refractivity contribution in [3.05, 3.63) is 29.6 Å². The first kappa shape index (κ1) is 19.2. The fourth-order valence-corrected chi connectivity index (χ4v) is 5.57. The van der Waals surface area contributed by atoms with E-state index in [2.05, 4.69) is 14.9 Å². The van der Waals surface area contributed by atoms with Crippen molar-refractivity contribution in [3.8, 4) is 0 Å². The van der Waals surface area contributed by atoms with Crippen molar-refractivity contribution in [2.45, 2.75) is 18.6 Å². The predicted octanol–water partition coefficient (Wildman–Crippen LogP) is 1.53. The Hall–Kier alpha value is -2.14. The monoisotopic (exact) mass is 416 g/mol. The maximum atomic E-state index is 12.8. The fourth-order valence-electron chi connectivity index (χ4n) is 3.81. The molecule has 2 aromatic rings. The smallest absolute Gasteiger partial charge is 0.336 e. The summed E-state index contributed by atoms with van der Waals surface area (Å²) >= 11 is 0. The number of benzene rings is 1. The lowest BCUT2D eigenvalue weighted by atomic mass is 10.1. The lowest BCUT2D eigenvalue weighted by Gasteiger charge is -2.37. The number of carbonyl (C=O) groups is 1. The molecular formula is C17H19F3N4O3S. The van der Waals surface area contributed by atoms with Crippen LogP contribution in [-0.2, 0) is 16.0 Å². The molecule has 1 aromatic heterocycles. The predicted molar refractivity (Wildman–Crippen MR) is 95.6 cm³/mol. The maximum absolute atomic E-state index is 12.8. The summed E-state index contributed by atoms with van der Waals surface area (Å²) < 4.78 is 61.6. The molecule has 2 fully saturated rings. The maximum Gasteiger partial charge on any atom is 0.449 e. The Morgan fingerprint density at radius 3 is 2.50 bits per heavy atom. The van der Waals surface area contributed by atoms with Gasteiger partial charge in [0.05, 0.1) is 22.5 Å². The molecule has 2 saturated heterocycles. The second kappa shape index (κ2) is 6.73. The summed E-state index contributed by atoms with van der Waals surface area (Å²) in [6.07, 6.45) is -3.96. The molecule has 0 unspecified atom stereocenters. The Balaban J connectivity index is 1.44. The van der Waals surface area contributed by atoms with Gasteiger partial charge in [-0.2, -0.15) is 13.2 Å². The number of nitrogens with zero attached hydrogens (tertiary/aromatic N) is 3. The fraction of sp³-hybridized carbons (Fsp3) is 0.529. The summed E-state index contributed by atoms with van der Waals surface area (Å²) in [6, 6.07) is 4.26. The Bertz CT molecular complexity index is 1010. The van der Waals surface area contributed by atoms with Crippen LogP contribution in [-0.4, -0.2) is 77.8 Å². The number of amides is 1. The number of hydrogen-bond acceptors (Lipinski definition) is 5. The first-order valence-electron chi connectivity index (χ1n) is 8.93.